The third kappa shape index (κ3) is 7.37. The number of benzene rings is 2. The van der Waals surface area contributed by atoms with Crippen LogP contribution in [0.2, 0.25) is 0 Å². The summed E-state index contributed by atoms with van der Waals surface area (Å²) in [6.07, 6.45) is 4.23. The molecular formula is C20H23NO7. The normalized spacial score (nSPS) is 11.1. The Labute approximate surface area is 162 Å². The number of phenols is 1. The van der Waals surface area contributed by atoms with Crippen LogP contribution in [-0.2, 0) is 27.4 Å². The summed E-state index contributed by atoms with van der Waals surface area (Å²) in [5.41, 5.74) is 2.61. The number of carbonyl (C=O) groups excluding carboxylic acids is 1. The van der Waals surface area contributed by atoms with Crippen molar-refractivity contribution in [3.8, 4) is 11.5 Å². The lowest BCUT2D eigenvalue weighted by atomic mass is 10.1. The predicted octanol–water partition coefficient (Wildman–Crippen LogP) is 3.10. The minimum atomic E-state index is -0.481. The highest BCUT2D eigenvalue weighted by molar-refractivity contribution is 5.87. The molecule has 2 aromatic carbocycles. The molecule has 2 aromatic rings. The van der Waals surface area contributed by atoms with Crippen molar-refractivity contribution in [3.05, 3.63) is 65.2 Å². The van der Waals surface area contributed by atoms with E-state index in [9.17, 15) is 9.90 Å². The Balaban J connectivity index is 1.77. The van der Waals surface area contributed by atoms with Crippen LogP contribution < -0.4 is 4.74 Å². The Hall–Kier alpha value is -2.91. The molecule has 8 nitrogen and oxygen atoms in total. The number of hydrogen-bond donors (Lipinski definition) is 3. The van der Waals surface area contributed by atoms with Gasteiger partial charge in [-0.3, -0.25) is 15.3 Å². The van der Waals surface area contributed by atoms with Gasteiger partial charge in [0.25, 0.3) is 0 Å². The zero-order chi connectivity index (χ0) is 20.4. The van der Waals surface area contributed by atoms with Gasteiger partial charge >= 0.3 is 5.97 Å². The summed E-state index contributed by atoms with van der Waals surface area (Å²) in [6.45, 7) is 0.334. The van der Waals surface area contributed by atoms with E-state index in [2.05, 4.69) is 4.84 Å². The van der Waals surface area contributed by atoms with Crippen LogP contribution >= 0.6 is 0 Å². The molecule has 2 rings (SSSR count). The highest BCUT2D eigenvalue weighted by Crippen LogP contribution is 2.26. The average molecular weight is 389 g/mol. The first-order chi connectivity index (χ1) is 13.5. The van der Waals surface area contributed by atoms with Crippen LogP contribution in [0.15, 0.2) is 48.5 Å². The topological polar surface area (TPSA) is 109 Å². The number of aryl methyl sites for hydroxylation is 1. The van der Waals surface area contributed by atoms with E-state index in [0.29, 0.717) is 24.2 Å². The highest BCUT2D eigenvalue weighted by atomic mass is 17.1. The van der Waals surface area contributed by atoms with Gasteiger partial charge < -0.3 is 14.6 Å². The van der Waals surface area contributed by atoms with Crippen molar-refractivity contribution in [3.63, 3.8) is 0 Å². The van der Waals surface area contributed by atoms with Gasteiger partial charge in [0.05, 0.1) is 19.1 Å². The summed E-state index contributed by atoms with van der Waals surface area (Å²) in [4.78, 5) is 16.3. The van der Waals surface area contributed by atoms with Gasteiger partial charge in [0, 0.05) is 6.08 Å². The van der Waals surface area contributed by atoms with E-state index in [1.165, 1.54) is 19.3 Å². The number of ether oxygens (including phenoxy) is 2. The van der Waals surface area contributed by atoms with Gasteiger partial charge in [-0.05, 0) is 47.7 Å². The summed E-state index contributed by atoms with van der Waals surface area (Å²) in [6, 6.07) is 12.3. The molecule has 0 aromatic heterocycles. The summed E-state index contributed by atoms with van der Waals surface area (Å²) < 4.78 is 10.2. The molecule has 0 fully saturated rings. The van der Waals surface area contributed by atoms with Crippen LogP contribution in [0, 0.1) is 0 Å². The van der Waals surface area contributed by atoms with Crippen LogP contribution in [0.5, 0.6) is 11.5 Å². The molecule has 8 heteroatoms. The van der Waals surface area contributed by atoms with Crippen molar-refractivity contribution in [1.82, 2.24) is 5.39 Å². The molecule has 0 aliphatic rings. The maximum Gasteiger partial charge on any atom is 0.331 e. The zero-order valence-corrected chi connectivity index (χ0v) is 15.4. The second-order valence-electron chi connectivity index (χ2n) is 5.88. The van der Waals surface area contributed by atoms with Crippen molar-refractivity contribution >= 4 is 12.0 Å². The molecule has 28 heavy (non-hydrogen) atoms. The molecule has 0 amide bonds. The van der Waals surface area contributed by atoms with E-state index < -0.39 is 5.97 Å². The van der Waals surface area contributed by atoms with Crippen LogP contribution in [0.25, 0.3) is 6.08 Å². The molecule has 0 aliphatic carbocycles. The molecule has 0 spiro atoms. The third-order valence-electron chi connectivity index (χ3n) is 3.84. The molecule has 0 saturated carbocycles. The van der Waals surface area contributed by atoms with E-state index in [1.807, 2.05) is 24.3 Å². The Bertz CT molecular complexity index is 788. The number of esters is 1. The van der Waals surface area contributed by atoms with E-state index >= 15 is 0 Å². The Kier molecular flexibility index (Phi) is 8.44. The number of carbonyl (C=O) groups is 1. The fraction of sp³-hybridized carbons (Fsp3) is 0.250. The lowest BCUT2D eigenvalue weighted by Crippen LogP contribution is -2.15. The van der Waals surface area contributed by atoms with Crippen LogP contribution in [0.4, 0.5) is 0 Å². The highest BCUT2D eigenvalue weighted by Gasteiger charge is 2.03. The summed E-state index contributed by atoms with van der Waals surface area (Å²) in [7, 11) is 1.45. The van der Waals surface area contributed by atoms with Crippen molar-refractivity contribution < 1.29 is 34.6 Å². The smallest absolute Gasteiger partial charge is 0.331 e. The molecule has 0 bridgehead atoms. The molecule has 150 valence electrons. The molecular weight excluding hydrogens is 366 g/mol. The van der Waals surface area contributed by atoms with Crippen molar-refractivity contribution in [1.29, 1.82) is 0 Å². The Morgan fingerprint density at radius 2 is 1.82 bits per heavy atom. The number of aromatic hydroxyl groups is 1. The summed E-state index contributed by atoms with van der Waals surface area (Å²) >= 11 is 0. The van der Waals surface area contributed by atoms with Gasteiger partial charge in [-0.2, -0.15) is 0 Å². The lowest BCUT2D eigenvalue weighted by molar-refractivity contribution is -0.492. The number of rotatable bonds is 10. The van der Waals surface area contributed by atoms with Crippen molar-refractivity contribution in [2.24, 2.45) is 0 Å². The fourth-order valence-corrected chi connectivity index (χ4v) is 2.39. The molecule has 0 atom stereocenters. The number of nitrogens with zero attached hydrogens (tertiary/aromatic N) is 1. The van der Waals surface area contributed by atoms with E-state index in [-0.39, 0.29) is 24.4 Å². The van der Waals surface area contributed by atoms with Gasteiger partial charge in [-0.1, -0.05) is 30.3 Å². The SMILES string of the molecule is COc1cc(/C=C/C(=O)OCc2ccc(CCCON(O)O)cc2)ccc1O. The quantitative estimate of drug-likeness (QED) is 0.246. The van der Waals surface area contributed by atoms with Gasteiger partial charge in [-0.15, -0.1) is 0 Å². The van der Waals surface area contributed by atoms with Crippen molar-refractivity contribution in [2.75, 3.05) is 13.7 Å². The first kappa shape index (κ1) is 21.4. The van der Waals surface area contributed by atoms with Gasteiger partial charge in [0.15, 0.2) is 11.5 Å². The van der Waals surface area contributed by atoms with E-state index in [0.717, 1.165) is 11.1 Å². The number of phenolic OH excluding ortho intramolecular Hbond substituents is 1. The zero-order valence-electron chi connectivity index (χ0n) is 15.4. The summed E-state index contributed by atoms with van der Waals surface area (Å²) in [5.74, 6) is -0.125. The van der Waals surface area contributed by atoms with Gasteiger partial charge in [-0.25, -0.2) is 4.79 Å². The largest absolute Gasteiger partial charge is 0.504 e. The Morgan fingerprint density at radius 3 is 2.50 bits per heavy atom. The minimum absolute atomic E-state index is 0.0296. The van der Waals surface area contributed by atoms with Gasteiger partial charge in [0.1, 0.15) is 6.61 Å². The van der Waals surface area contributed by atoms with Gasteiger partial charge in [0.2, 0.25) is 0 Å². The van der Waals surface area contributed by atoms with E-state index in [1.54, 1.807) is 18.2 Å². The standard InChI is InChI=1S/C20H23NO7/c1-26-19-13-16(8-10-18(19)22)9-11-20(23)27-14-17-6-4-15(5-7-17)3-2-12-28-21(24)25/h4-11,13,22,24-25H,2-3,12,14H2,1H3/b11-9+. The number of methoxy groups -OCH3 is 1. The first-order valence-corrected chi connectivity index (χ1v) is 8.58. The molecule has 0 aliphatic heterocycles. The Morgan fingerprint density at radius 1 is 1.11 bits per heavy atom. The lowest BCUT2D eigenvalue weighted by Gasteiger charge is -2.07. The monoisotopic (exact) mass is 389 g/mol. The predicted molar refractivity (Wildman–Crippen MR) is 99.6 cm³/mol. The number of hydrogen-bond acceptors (Lipinski definition) is 8. The summed E-state index contributed by atoms with van der Waals surface area (Å²) in [5, 5.41) is 26.1. The molecule has 0 unspecified atom stereocenters. The molecule has 0 saturated heterocycles. The maximum absolute atomic E-state index is 11.9. The third-order valence-corrected chi connectivity index (χ3v) is 3.84. The molecule has 0 heterocycles. The second kappa shape index (κ2) is 11.1. The van der Waals surface area contributed by atoms with E-state index in [4.69, 9.17) is 19.9 Å². The molecule has 3 N–H and O–H groups in total. The fourth-order valence-electron chi connectivity index (χ4n) is 2.39. The second-order valence-corrected chi connectivity index (χ2v) is 5.88. The van der Waals surface area contributed by atoms with Crippen LogP contribution in [-0.4, -0.2) is 40.6 Å². The van der Waals surface area contributed by atoms with Crippen LogP contribution in [0.1, 0.15) is 23.1 Å². The van der Waals surface area contributed by atoms with Crippen LogP contribution in [0.3, 0.4) is 0 Å². The molecule has 0 radical (unpaired) electrons. The van der Waals surface area contributed by atoms with Crippen molar-refractivity contribution in [2.45, 2.75) is 19.4 Å². The average Bonchev–Trinajstić information content (AvgIpc) is 2.69. The minimum Gasteiger partial charge on any atom is -0.504 e. The maximum atomic E-state index is 11.9. The first-order valence-electron chi connectivity index (χ1n) is 8.58.